The second kappa shape index (κ2) is 8.89. The van der Waals surface area contributed by atoms with Gasteiger partial charge in [-0.05, 0) is 51.3 Å². The second-order valence-corrected chi connectivity index (χ2v) is 7.46. The van der Waals surface area contributed by atoms with Crippen LogP contribution in [0.5, 0.6) is 5.75 Å². The Bertz CT molecular complexity index is 603. The number of phenols is 1. The maximum atomic E-state index is 12.7. The van der Waals surface area contributed by atoms with Crippen LogP contribution in [0, 0.1) is 0 Å². The lowest BCUT2D eigenvalue weighted by Gasteiger charge is -2.27. The van der Waals surface area contributed by atoms with Gasteiger partial charge in [0.15, 0.2) is 0 Å². The molecule has 2 amide bonds. The molecule has 144 valence electrons. The minimum Gasteiger partial charge on any atom is -0.508 e. The van der Waals surface area contributed by atoms with Gasteiger partial charge < -0.3 is 25.2 Å². The van der Waals surface area contributed by atoms with Crippen molar-refractivity contribution < 1.29 is 24.2 Å². The Morgan fingerprint density at radius 3 is 2.42 bits per heavy atom. The van der Waals surface area contributed by atoms with E-state index in [0.717, 1.165) is 18.4 Å². The molecule has 0 saturated carbocycles. The van der Waals surface area contributed by atoms with Crippen molar-refractivity contribution in [2.75, 3.05) is 13.2 Å². The predicted octanol–water partition coefficient (Wildman–Crippen LogP) is 2.12. The summed E-state index contributed by atoms with van der Waals surface area (Å²) in [4.78, 5) is 24.8. The van der Waals surface area contributed by atoms with Gasteiger partial charge in [0, 0.05) is 25.7 Å². The van der Waals surface area contributed by atoms with E-state index in [1.807, 2.05) is 0 Å². The highest BCUT2D eigenvalue weighted by Gasteiger charge is 2.27. The first kappa shape index (κ1) is 20.0. The molecular weight excluding hydrogens is 336 g/mol. The van der Waals surface area contributed by atoms with Crippen LogP contribution < -0.4 is 10.6 Å². The van der Waals surface area contributed by atoms with Crippen molar-refractivity contribution >= 4 is 12.0 Å². The van der Waals surface area contributed by atoms with Gasteiger partial charge in [-0.2, -0.15) is 0 Å². The highest BCUT2D eigenvalue weighted by atomic mass is 16.6. The molecule has 1 aromatic carbocycles. The molecule has 0 radical (unpaired) electrons. The highest BCUT2D eigenvalue weighted by molar-refractivity contribution is 5.86. The number of hydrogen-bond acceptors (Lipinski definition) is 5. The molecule has 3 N–H and O–H groups in total. The molecule has 1 heterocycles. The lowest BCUT2D eigenvalue weighted by atomic mass is 10.0. The van der Waals surface area contributed by atoms with Gasteiger partial charge >= 0.3 is 6.09 Å². The number of alkyl carbamates (subject to hydrolysis) is 1. The molecule has 0 spiro atoms. The van der Waals surface area contributed by atoms with Gasteiger partial charge in [0.25, 0.3) is 0 Å². The Kier molecular flexibility index (Phi) is 6.85. The zero-order valence-electron chi connectivity index (χ0n) is 15.6. The number of amides is 2. The van der Waals surface area contributed by atoms with Crippen LogP contribution in [0.15, 0.2) is 24.3 Å². The van der Waals surface area contributed by atoms with Crippen LogP contribution >= 0.6 is 0 Å². The number of carbonyl (C=O) groups excluding carboxylic acids is 2. The monoisotopic (exact) mass is 364 g/mol. The number of rotatable bonds is 5. The van der Waals surface area contributed by atoms with Gasteiger partial charge in [0.1, 0.15) is 17.4 Å². The molecule has 0 aliphatic carbocycles. The number of benzene rings is 1. The lowest BCUT2D eigenvalue weighted by Crippen LogP contribution is -2.52. The zero-order valence-corrected chi connectivity index (χ0v) is 15.6. The average Bonchev–Trinajstić information content (AvgIpc) is 2.55. The summed E-state index contributed by atoms with van der Waals surface area (Å²) in [5, 5.41) is 15.0. The maximum Gasteiger partial charge on any atom is 0.408 e. The Labute approximate surface area is 154 Å². The normalized spacial score (nSPS) is 16.6. The van der Waals surface area contributed by atoms with E-state index in [1.165, 1.54) is 0 Å². The largest absolute Gasteiger partial charge is 0.508 e. The molecule has 2 rings (SSSR count). The molecule has 1 atom stereocenters. The van der Waals surface area contributed by atoms with E-state index in [1.54, 1.807) is 45.0 Å². The minimum absolute atomic E-state index is 0.0407. The summed E-state index contributed by atoms with van der Waals surface area (Å²) >= 11 is 0. The first-order chi connectivity index (χ1) is 12.2. The van der Waals surface area contributed by atoms with E-state index in [2.05, 4.69) is 10.6 Å². The summed E-state index contributed by atoms with van der Waals surface area (Å²) in [6, 6.07) is 5.82. The van der Waals surface area contributed by atoms with Crippen molar-refractivity contribution in [3.8, 4) is 5.75 Å². The average molecular weight is 364 g/mol. The molecule has 0 unspecified atom stereocenters. The van der Waals surface area contributed by atoms with Crippen molar-refractivity contribution in [3.05, 3.63) is 29.8 Å². The summed E-state index contributed by atoms with van der Waals surface area (Å²) in [5.41, 5.74) is 0.177. The van der Waals surface area contributed by atoms with Gasteiger partial charge in [-0.25, -0.2) is 4.79 Å². The summed E-state index contributed by atoms with van der Waals surface area (Å²) in [6.45, 7) is 6.54. The summed E-state index contributed by atoms with van der Waals surface area (Å²) in [7, 11) is 0. The molecule has 7 heteroatoms. The number of aromatic hydroxyl groups is 1. The van der Waals surface area contributed by atoms with Crippen LogP contribution in [0.25, 0.3) is 0 Å². The topological polar surface area (TPSA) is 96.9 Å². The molecule has 1 fully saturated rings. The van der Waals surface area contributed by atoms with E-state index in [-0.39, 0.29) is 17.7 Å². The maximum absolute atomic E-state index is 12.7. The lowest BCUT2D eigenvalue weighted by molar-refractivity contribution is -0.124. The van der Waals surface area contributed by atoms with E-state index in [0.29, 0.717) is 19.6 Å². The molecule has 1 aliphatic rings. The van der Waals surface area contributed by atoms with E-state index in [9.17, 15) is 14.7 Å². The summed E-state index contributed by atoms with van der Waals surface area (Å²) < 4.78 is 10.6. The Morgan fingerprint density at radius 1 is 1.23 bits per heavy atom. The summed E-state index contributed by atoms with van der Waals surface area (Å²) in [6.07, 6.45) is 1.17. The molecule has 0 aromatic heterocycles. The molecular formula is C19H28N2O5. The molecule has 1 saturated heterocycles. The molecule has 1 aromatic rings. The zero-order chi connectivity index (χ0) is 19.2. The van der Waals surface area contributed by atoms with Gasteiger partial charge in [0.2, 0.25) is 5.91 Å². The van der Waals surface area contributed by atoms with Crippen molar-refractivity contribution in [3.63, 3.8) is 0 Å². The van der Waals surface area contributed by atoms with Crippen LogP contribution in [-0.2, 0) is 20.7 Å². The van der Waals surface area contributed by atoms with Crippen LogP contribution in [-0.4, -0.2) is 48.0 Å². The van der Waals surface area contributed by atoms with E-state index in [4.69, 9.17) is 9.47 Å². The van der Waals surface area contributed by atoms with Crippen LogP contribution in [0.1, 0.15) is 39.2 Å². The molecule has 26 heavy (non-hydrogen) atoms. The van der Waals surface area contributed by atoms with E-state index < -0.39 is 17.7 Å². The quantitative estimate of drug-likeness (QED) is 0.744. The van der Waals surface area contributed by atoms with Crippen molar-refractivity contribution in [1.82, 2.24) is 10.6 Å². The predicted molar refractivity (Wildman–Crippen MR) is 97.0 cm³/mol. The van der Waals surface area contributed by atoms with Crippen molar-refractivity contribution in [2.45, 2.75) is 57.7 Å². The Hall–Kier alpha value is -2.28. The number of carbonyl (C=O) groups is 2. The standard InChI is InChI=1S/C19H28N2O5/c1-19(2,3)26-18(24)21-16(12-13-4-6-15(22)7-5-13)17(23)20-14-8-10-25-11-9-14/h4-7,14,16,22H,8-12H2,1-3H3,(H,20,23)(H,21,24)/t16-/m0/s1. The van der Waals surface area contributed by atoms with E-state index >= 15 is 0 Å². The van der Waals surface area contributed by atoms with Gasteiger partial charge in [-0.3, -0.25) is 4.79 Å². The molecule has 1 aliphatic heterocycles. The smallest absolute Gasteiger partial charge is 0.408 e. The number of nitrogens with one attached hydrogen (secondary N) is 2. The summed E-state index contributed by atoms with van der Waals surface area (Å²) in [5.74, 6) is -0.104. The first-order valence-electron chi connectivity index (χ1n) is 8.88. The third-order valence-electron chi connectivity index (χ3n) is 3.95. The highest BCUT2D eigenvalue weighted by Crippen LogP contribution is 2.13. The number of ether oxygens (including phenoxy) is 2. The fraction of sp³-hybridized carbons (Fsp3) is 0.579. The van der Waals surface area contributed by atoms with Gasteiger partial charge in [-0.1, -0.05) is 12.1 Å². The SMILES string of the molecule is CC(C)(C)OC(=O)N[C@@H](Cc1ccc(O)cc1)C(=O)NC1CCOCC1. The Morgan fingerprint density at radius 2 is 1.85 bits per heavy atom. The number of phenolic OH excluding ortho intramolecular Hbond substituents is 1. The third kappa shape index (κ3) is 6.92. The fourth-order valence-electron chi connectivity index (χ4n) is 2.67. The molecule has 7 nitrogen and oxygen atoms in total. The first-order valence-corrected chi connectivity index (χ1v) is 8.88. The van der Waals surface area contributed by atoms with Crippen LogP contribution in [0.2, 0.25) is 0 Å². The van der Waals surface area contributed by atoms with Gasteiger partial charge in [-0.15, -0.1) is 0 Å². The fourth-order valence-corrected chi connectivity index (χ4v) is 2.67. The van der Waals surface area contributed by atoms with Gasteiger partial charge in [0.05, 0.1) is 0 Å². The minimum atomic E-state index is -0.766. The Balaban J connectivity index is 2.04. The van der Waals surface area contributed by atoms with Crippen LogP contribution in [0.4, 0.5) is 4.79 Å². The number of hydrogen-bond donors (Lipinski definition) is 3. The van der Waals surface area contributed by atoms with Crippen molar-refractivity contribution in [1.29, 1.82) is 0 Å². The third-order valence-corrected chi connectivity index (χ3v) is 3.95. The molecule has 0 bridgehead atoms. The second-order valence-electron chi connectivity index (χ2n) is 7.46. The van der Waals surface area contributed by atoms with Crippen LogP contribution in [0.3, 0.4) is 0 Å². The van der Waals surface area contributed by atoms with Crippen molar-refractivity contribution in [2.24, 2.45) is 0 Å².